The minimum Gasteiger partial charge on any atom is -0.379 e. The third-order valence-corrected chi connectivity index (χ3v) is 4.78. The Kier molecular flexibility index (Phi) is 3.85. The molecule has 0 spiro atoms. The van der Waals surface area contributed by atoms with Crippen LogP contribution < -0.4 is 5.32 Å². The average Bonchev–Trinajstić information content (AvgIpc) is 2.86. The molecule has 1 aromatic heterocycles. The summed E-state index contributed by atoms with van der Waals surface area (Å²) in [6, 6.07) is 0.306. The molecule has 0 radical (unpaired) electrons. The van der Waals surface area contributed by atoms with E-state index in [0.29, 0.717) is 6.04 Å². The van der Waals surface area contributed by atoms with Gasteiger partial charge in [0.1, 0.15) is 5.01 Å². The molecule has 0 saturated heterocycles. The van der Waals surface area contributed by atoms with Crippen LogP contribution in [0.3, 0.4) is 0 Å². The molecule has 4 heteroatoms. The Labute approximate surface area is 108 Å². The van der Waals surface area contributed by atoms with E-state index < -0.39 is 0 Å². The molecule has 2 rings (SSSR count). The molecule has 1 aromatic rings. The third-order valence-electron chi connectivity index (χ3n) is 3.51. The SMILES string of the molecule is CNC(CC(C)(C)OC)c1nc2c(s1)CCC2. The van der Waals surface area contributed by atoms with Crippen LogP contribution in [0.15, 0.2) is 0 Å². The fourth-order valence-corrected chi connectivity index (χ4v) is 3.51. The lowest BCUT2D eigenvalue weighted by Crippen LogP contribution is -2.30. The zero-order valence-electron chi connectivity index (χ0n) is 11.2. The lowest BCUT2D eigenvalue weighted by Gasteiger charge is -2.27. The number of thiazole rings is 1. The van der Waals surface area contributed by atoms with Gasteiger partial charge in [0.2, 0.25) is 0 Å². The summed E-state index contributed by atoms with van der Waals surface area (Å²) in [4.78, 5) is 6.28. The van der Waals surface area contributed by atoms with Gasteiger partial charge in [-0.3, -0.25) is 0 Å². The van der Waals surface area contributed by atoms with Gasteiger partial charge in [0.15, 0.2) is 0 Å². The van der Waals surface area contributed by atoms with Gasteiger partial charge in [-0.25, -0.2) is 4.98 Å². The molecule has 1 N–H and O–H groups in total. The van der Waals surface area contributed by atoms with Crippen LogP contribution in [-0.4, -0.2) is 24.7 Å². The van der Waals surface area contributed by atoms with E-state index in [1.54, 1.807) is 7.11 Å². The molecule has 3 nitrogen and oxygen atoms in total. The molecule has 17 heavy (non-hydrogen) atoms. The summed E-state index contributed by atoms with van der Waals surface area (Å²) in [6.45, 7) is 4.25. The Morgan fingerprint density at radius 1 is 1.47 bits per heavy atom. The maximum Gasteiger partial charge on any atom is 0.110 e. The highest BCUT2D eigenvalue weighted by Gasteiger charge is 2.27. The highest BCUT2D eigenvalue weighted by atomic mass is 32.1. The molecular weight excluding hydrogens is 232 g/mol. The van der Waals surface area contributed by atoms with E-state index in [0.717, 1.165) is 12.8 Å². The van der Waals surface area contributed by atoms with Crippen molar-refractivity contribution in [3.8, 4) is 0 Å². The van der Waals surface area contributed by atoms with Crippen molar-refractivity contribution in [2.24, 2.45) is 0 Å². The molecule has 1 aliphatic rings. The maximum atomic E-state index is 5.51. The minimum absolute atomic E-state index is 0.107. The Hall–Kier alpha value is -0.450. The number of methoxy groups -OCH3 is 1. The van der Waals surface area contributed by atoms with Crippen molar-refractivity contribution in [3.05, 3.63) is 15.6 Å². The van der Waals surface area contributed by atoms with E-state index in [9.17, 15) is 0 Å². The van der Waals surface area contributed by atoms with Crippen LogP contribution in [-0.2, 0) is 17.6 Å². The first kappa shape index (κ1) is 13.0. The van der Waals surface area contributed by atoms with Crippen molar-refractivity contribution in [3.63, 3.8) is 0 Å². The predicted molar refractivity (Wildman–Crippen MR) is 71.6 cm³/mol. The molecule has 0 amide bonds. The first-order chi connectivity index (χ1) is 8.05. The number of aryl methyl sites for hydroxylation is 2. The summed E-state index contributed by atoms with van der Waals surface area (Å²) in [5.41, 5.74) is 1.23. The fraction of sp³-hybridized carbons (Fsp3) is 0.769. The summed E-state index contributed by atoms with van der Waals surface area (Å²) in [6.07, 6.45) is 4.61. The van der Waals surface area contributed by atoms with Crippen LogP contribution in [0.25, 0.3) is 0 Å². The van der Waals surface area contributed by atoms with E-state index in [1.165, 1.54) is 28.4 Å². The van der Waals surface area contributed by atoms with Gasteiger partial charge in [-0.1, -0.05) is 0 Å². The molecule has 0 aromatic carbocycles. The van der Waals surface area contributed by atoms with Gasteiger partial charge in [-0.05, 0) is 46.6 Å². The monoisotopic (exact) mass is 254 g/mol. The van der Waals surface area contributed by atoms with Gasteiger partial charge < -0.3 is 10.1 Å². The highest BCUT2D eigenvalue weighted by Crippen LogP contribution is 2.33. The van der Waals surface area contributed by atoms with Crippen molar-refractivity contribution < 1.29 is 4.74 Å². The van der Waals surface area contributed by atoms with Gasteiger partial charge in [-0.15, -0.1) is 11.3 Å². The quantitative estimate of drug-likeness (QED) is 0.877. The maximum absolute atomic E-state index is 5.51. The molecule has 0 saturated carbocycles. The smallest absolute Gasteiger partial charge is 0.110 e. The first-order valence-corrected chi connectivity index (χ1v) is 7.08. The van der Waals surface area contributed by atoms with E-state index in [2.05, 4.69) is 19.2 Å². The van der Waals surface area contributed by atoms with Crippen LogP contribution in [0.2, 0.25) is 0 Å². The second-order valence-electron chi connectivity index (χ2n) is 5.28. The molecule has 0 aliphatic heterocycles. The Morgan fingerprint density at radius 2 is 2.24 bits per heavy atom. The average molecular weight is 254 g/mol. The number of aromatic nitrogens is 1. The second kappa shape index (κ2) is 5.04. The van der Waals surface area contributed by atoms with Crippen LogP contribution in [0.4, 0.5) is 0 Å². The first-order valence-electron chi connectivity index (χ1n) is 6.26. The molecule has 0 fully saturated rings. The predicted octanol–water partition coefficient (Wildman–Crippen LogP) is 2.71. The lowest BCUT2D eigenvalue weighted by molar-refractivity contribution is 0.00741. The summed E-state index contributed by atoms with van der Waals surface area (Å²) >= 11 is 1.88. The van der Waals surface area contributed by atoms with Crippen molar-refractivity contribution >= 4 is 11.3 Å². The normalized spacial score (nSPS) is 17.2. The van der Waals surface area contributed by atoms with Crippen LogP contribution in [0.1, 0.15) is 48.3 Å². The van der Waals surface area contributed by atoms with Gasteiger partial charge in [-0.2, -0.15) is 0 Å². The van der Waals surface area contributed by atoms with Gasteiger partial charge >= 0.3 is 0 Å². The minimum atomic E-state index is -0.107. The fourth-order valence-electron chi connectivity index (χ4n) is 2.25. The summed E-state index contributed by atoms with van der Waals surface area (Å²) < 4.78 is 5.51. The van der Waals surface area contributed by atoms with E-state index in [-0.39, 0.29) is 5.60 Å². The number of hydrogen-bond donors (Lipinski definition) is 1. The van der Waals surface area contributed by atoms with Crippen molar-refractivity contribution in [1.29, 1.82) is 0 Å². The lowest BCUT2D eigenvalue weighted by atomic mass is 9.99. The number of hydrogen-bond acceptors (Lipinski definition) is 4. The van der Waals surface area contributed by atoms with E-state index in [1.807, 2.05) is 18.4 Å². The van der Waals surface area contributed by atoms with E-state index >= 15 is 0 Å². The number of nitrogens with zero attached hydrogens (tertiary/aromatic N) is 1. The summed E-state index contributed by atoms with van der Waals surface area (Å²) in [5.74, 6) is 0. The zero-order valence-corrected chi connectivity index (χ0v) is 12.0. The number of fused-ring (bicyclic) bond motifs is 1. The molecule has 96 valence electrons. The van der Waals surface area contributed by atoms with Crippen molar-refractivity contribution in [2.45, 2.75) is 51.2 Å². The van der Waals surface area contributed by atoms with Crippen LogP contribution in [0.5, 0.6) is 0 Å². The van der Waals surface area contributed by atoms with Gasteiger partial charge in [0.05, 0.1) is 17.3 Å². The Morgan fingerprint density at radius 3 is 2.82 bits per heavy atom. The zero-order chi connectivity index (χ0) is 12.5. The molecule has 1 aliphatic carbocycles. The Balaban J connectivity index is 2.12. The molecular formula is C13H22N2OS. The molecule has 1 heterocycles. The highest BCUT2D eigenvalue weighted by molar-refractivity contribution is 7.11. The van der Waals surface area contributed by atoms with Gasteiger partial charge in [0, 0.05) is 12.0 Å². The third kappa shape index (κ3) is 2.87. The molecule has 0 bridgehead atoms. The summed E-state index contributed by atoms with van der Waals surface area (Å²) in [7, 11) is 3.78. The second-order valence-corrected chi connectivity index (χ2v) is 6.40. The largest absolute Gasteiger partial charge is 0.379 e. The van der Waals surface area contributed by atoms with Gasteiger partial charge in [0.25, 0.3) is 0 Å². The summed E-state index contributed by atoms with van der Waals surface area (Å²) in [5, 5.41) is 4.59. The van der Waals surface area contributed by atoms with E-state index in [4.69, 9.17) is 9.72 Å². The van der Waals surface area contributed by atoms with Crippen molar-refractivity contribution in [2.75, 3.05) is 14.2 Å². The number of rotatable bonds is 5. The standard InChI is InChI=1S/C13H22N2OS/c1-13(2,16-4)8-10(14-3)12-15-9-6-5-7-11(9)17-12/h10,14H,5-8H2,1-4H3. The molecule has 1 unspecified atom stereocenters. The van der Waals surface area contributed by atoms with Crippen LogP contribution >= 0.6 is 11.3 Å². The Bertz CT molecular complexity index is 365. The topological polar surface area (TPSA) is 34.1 Å². The number of ether oxygens (including phenoxy) is 1. The molecule has 1 atom stereocenters. The number of nitrogens with one attached hydrogen (secondary N) is 1. The van der Waals surface area contributed by atoms with Crippen LogP contribution in [0, 0.1) is 0 Å². The van der Waals surface area contributed by atoms with Crippen molar-refractivity contribution in [1.82, 2.24) is 10.3 Å².